The van der Waals surface area contributed by atoms with E-state index in [9.17, 15) is 9.59 Å². The molecule has 2 N–H and O–H groups in total. The predicted molar refractivity (Wildman–Crippen MR) is 56.8 cm³/mol. The molecule has 1 aromatic heterocycles. The second kappa shape index (κ2) is 4.99. The third-order valence-electron chi connectivity index (χ3n) is 3.10. The third kappa shape index (κ3) is 2.64. The van der Waals surface area contributed by atoms with E-state index in [1.54, 1.807) is 6.07 Å². The molecule has 92 valence electrons. The first-order chi connectivity index (χ1) is 8.18. The first-order valence-corrected chi connectivity index (χ1v) is 5.58. The van der Waals surface area contributed by atoms with Crippen LogP contribution in [0.2, 0.25) is 0 Å². The van der Waals surface area contributed by atoms with Gasteiger partial charge in [-0.15, -0.1) is 0 Å². The van der Waals surface area contributed by atoms with Crippen molar-refractivity contribution in [3.05, 3.63) is 18.0 Å². The Bertz CT molecular complexity index is 402. The first-order valence-electron chi connectivity index (χ1n) is 5.58. The normalized spacial score (nSPS) is 23.5. The maximum absolute atomic E-state index is 11.8. The number of amides is 1. The molecule has 17 heavy (non-hydrogen) atoms. The van der Waals surface area contributed by atoms with Gasteiger partial charge >= 0.3 is 5.97 Å². The Morgan fingerprint density at radius 1 is 1.47 bits per heavy atom. The molecule has 1 saturated carbocycles. The zero-order chi connectivity index (χ0) is 12.3. The van der Waals surface area contributed by atoms with Crippen LogP contribution in [0.1, 0.15) is 25.0 Å². The van der Waals surface area contributed by atoms with Gasteiger partial charge in [-0.3, -0.25) is 9.59 Å². The van der Waals surface area contributed by atoms with Gasteiger partial charge in [0.2, 0.25) is 5.91 Å². The number of hydrogen-bond acceptors (Lipinski definition) is 4. The molecule has 0 spiro atoms. The molecule has 1 aliphatic carbocycles. The van der Waals surface area contributed by atoms with Gasteiger partial charge in [0.1, 0.15) is 12.0 Å². The highest BCUT2D eigenvalue weighted by molar-refractivity contribution is 5.85. The largest absolute Gasteiger partial charge is 0.481 e. The van der Waals surface area contributed by atoms with E-state index in [-0.39, 0.29) is 12.5 Å². The number of aromatic nitrogens is 1. The Balaban J connectivity index is 1.89. The minimum Gasteiger partial charge on any atom is -0.481 e. The zero-order valence-electron chi connectivity index (χ0n) is 9.26. The minimum absolute atomic E-state index is 0.210. The number of carboxylic acids is 1. The summed E-state index contributed by atoms with van der Waals surface area (Å²) in [5, 5.41) is 15.3. The molecule has 0 radical (unpaired) electrons. The molecule has 0 bridgehead atoms. The van der Waals surface area contributed by atoms with Crippen LogP contribution in [0, 0.1) is 11.8 Å². The Morgan fingerprint density at radius 2 is 2.24 bits per heavy atom. The van der Waals surface area contributed by atoms with Crippen molar-refractivity contribution in [2.75, 3.05) is 0 Å². The monoisotopic (exact) mass is 238 g/mol. The number of hydrogen-bond donors (Lipinski definition) is 2. The molecule has 2 rings (SSSR count). The van der Waals surface area contributed by atoms with Gasteiger partial charge in [0.05, 0.1) is 18.4 Å². The van der Waals surface area contributed by atoms with Crippen molar-refractivity contribution >= 4 is 11.9 Å². The third-order valence-corrected chi connectivity index (χ3v) is 3.10. The van der Waals surface area contributed by atoms with E-state index >= 15 is 0 Å². The average Bonchev–Trinajstić information content (AvgIpc) is 2.96. The van der Waals surface area contributed by atoms with Gasteiger partial charge in [0.25, 0.3) is 0 Å². The Kier molecular flexibility index (Phi) is 3.41. The van der Waals surface area contributed by atoms with Crippen molar-refractivity contribution in [1.82, 2.24) is 10.5 Å². The fourth-order valence-corrected chi connectivity index (χ4v) is 2.21. The van der Waals surface area contributed by atoms with Crippen molar-refractivity contribution < 1.29 is 19.2 Å². The number of carboxylic acid groups (broad SMARTS) is 1. The maximum Gasteiger partial charge on any atom is 0.307 e. The summed E-state index contributed by atoms with van der Waals surface area (Å²) >= 11 is 0. The molecule has 1 aromatic rings. The van der Waals surface area contributed by atoms with Gasteiger partial charge in [-0.05, 0) is 12.8 Å². The summed E-state index contributed by atoms with van der Waals surface area (Å²) in [4.78, 5) is 22.8. The minimum atomic E-state index is -0.885. The predicted octanol–water partition coefficient (Wildman–Crippen LogP) is 0.792. The Morgan fingerprint density at radius 3 is 2.88 bits per heavy atom. The van der Waals surface area contributed by atoms with Gasteiger partial charge in [-0.1, -0.05) is 11.6 Å². The number of nitrogens with one attached hydrogen (secondary N) is 1. The lowest BCUT2D eigenvalue weighted by molar-refractivity contribution is -0.146. The van der Waals surface area contributed by atoms with Crippen LogP contribution in [0.25, 0.3) is 0 Å². The molecule has 6 heteroatoms. The molecule has 0 saturated heterocycles. The molecule has 2 atom stereocenters. The summed E-state index contributed by atoms with van der Waals surface area (Å²) in [5.74, 6) is -2.06. The van der Waals surface area contributed by atoms with Crippen LogP contribution in [0.4, 0.5) is 0 Å². The van der Waals surface area contributed by atoms with Crippen LogP contribution in [-0.4, -0.2) is 22.1 Å². The highest BCUT2D eigenvalue weighted by atomic mass is 16.5. The highest BCUT2D eigenvalue weighted by Crippen LogP contribution is 2.32. The van der Waals surface area contributed by atoms with Gasteiger partial charge in [0, 0.05) is 6.07 Å². The Hall–Kier alpha value is -1.85. The average molecular weight is 238 g/mol. The molecule has 0 unspecified atom stereocenters. The van der Waals surface area contributed by atoms with E-state index in [1.165, 1.54) is 6.26 Å². The standard InChI is InChI=1S/C11H14N2O4/c14-10(12-6-7-4-5-17-13-7)8-2-1-3-9(8)11(15)16/h4-5,8-9H,1-3,6H2,(H,12,14)(H,15,16)/t8-,9+/m1/s1. The van der Waals surface area contributed by atoms with Crippen molar-refractivity contribution in [2.24, 2.45) is 11.8 Å². The van der Waals surface area contributed by atoms with Crippen molar-refractivity contribution in [2.45, 2.75) is 25.8 Å². The molecule has 0 aromatic carbocycles. The van der Waals surface area contributed by atoms with Crippen LogP contribution < -0.4 is 5.32 Å². The van der Waals surface area contributed by atoms with Crippen LogP contribution in [0.5, 0.6) is 0 Å². The molecule has 6 nitrogen and oxygen atoms in total. The van der Waals surface area contributed by atoms with Crippen molar-refractivity contribution in [3.63, 3.8) is 0 Å². The number of carbonyl (C=O) groups is 2. The second-order valence-electron chi connectivity index (χ2n) is 4.19. The van der Waals surface area contributed by atoms with Crippen molar-refractivity contribution in [3.8, 4) is 0 Å². The summed E-state index contributed by atoms with van der Waals surface area (Å²) in [6.45, 7) is 0.276. The summed E-state index contributed by atoms with van der Waals surface area (Å²) in [6, 6.07) is 1.66. The van der Waals surface area contributed by atoms with E-state index in [1.807, 2.05) is 0 Å². The van der Waals surface area contributed by atoms with Gasteiger partial charge < -0.3 is 14.9 Å². The quantitative estimate of drug-likeness (QED) is 0.809. The Labute approximate surface area is 98.0 Å². The van der Waals surface area contributed by atoms with Gasteiger partial charge in [0.15, 0.2) is 0 Å². The maximum atomic E-state index is 11.8. The summed E-state index contributed by atoms with van der Waals surface area (Å²) in [7, 11) is 0. The zero-order valence-corrected chi connectivity index (χ0v) is 9.26. The summed E-state index contributed by atoms with van der Waals surface area (Å²) < 4.78 is 4.64. The lowest BCUT2D eigenvalue weighted by Crippen LogP contribution is -2.34. The van der Waals surface area contributed by atoms with E-state index in [0.717, 1.165) is 6.42 Å². The number of nitrogens with zero attached hydrogens (tertiary/aromatic N) is 1. The molecule has 1 aliphatic rings. The summed E-state index contributed by atoms with van der Waals surface area (Å²) in [5.41, 5.74) is 0.628. The summed E-state index contributed by atoms with van der Waals surface area (Å²) in [6.07, 6.45) is 3.44. The number of rotatable bonds is 4. The first kappa shape index (κ1) is 11.6. The van der Waals surface area contributed by atoms with Crippen LogP contribution in [0.3, 0.4) is 0 Å². The molecular formula is C11H14N2O4. The molecule has 1 heterocycles. The van der Waals surface area contributed by atoms with Gasteiger partial charge in [-0.2, -0.15) is 0 Å². The van der Waals surface area contributed by atoms with Crippen molar-refractivity contribution in [1.29, 1.82) is 0 Å². The van der Waals surface area contributed by atoms with Crippen LogP contribution in [0.15, 0.2) is 16.9 Å². The SMILES string of the molecule is O=C(O)[C@H]1CCC[C@H]1C(=O)NCc1ccon1. The van der Waals surface area contributed by atoms with E-state index in [4.69, 9.17) is 5.11 Å². The number of carbonyl (C=O) groups excluding carboxylic acids is 1. The van der Waals surface area contributed by atoms with E-state index in [2.05, 4.69) is 15.0 Å². The van der Waals surface area contributed by atoms with E-state index < -0.39 is 17.8 Å². The fourth-order valence-electron chi connectivity index (χ4n) is 2.21. The van der Waals surface area contributed by atoms with Gasteiger partial charge in [-0.25, -0.2) is 0 Å². The van der Waals surface area contributed by atoms with E-state index in [0.29, 0.717) is 18.5 Å². The smallest absolute Gasteiger partial charge is 0.307 e. The molecule has 0 aliphatic heterocycles. The number of aliphatic carboxylic acids is 1. The topological polar surface area (TPSA) is 92.4 Å². The lowest BCUT2D eigenvalue weighted by atomic mass is 9.95. The molecule has 1 amide bonds. The highest BCUT2D eigenvalue weighted by Gasteiger charge is 2.37. The molecule has 1 fully saturated rings. The molecular weight excluding hydrogens is 224 g/mol. The lowest BCUT2D eigenvalue weighted by Gasteiger charge is -2.14. The van der Waals surface area contributed by atoms with Crippen LogP contribution >= 0.6 is 0 Å². The second-order valence-corrected chi connectivity index (χ2v) is 4.19. The van der Waals surface area contributed by atoms with Crippen LogP contribution in [-0.2, 0) is 16.1 Å². The fraction of sp³-hybridized carbons (Fsp3) is 0.545.